The van der Waals surface area contributed by atoms with Crippen LogP contribution < -0.4 is 10.9 Å². The molecule has 130 valence electrons. The molecule has 2 heterocycles. The Morgan fingerprint density at radius 3 is 2.75 bits per heavy atom. The van der Waals surface area contributed by atoms with Crippen LogP contribution in [-0.4, -0.2) is 42.6 Å². The molecule has 0 radical (unpaired) electrons. The molecule has 0 aromatic carbocycles. The van der Waals surface area contributed by atoms with Gasteiger partial charge >= 0.3 is 0 Å². The first-order valence-corrected chi connectivity index (χ1v) is 8.95. The van der Waals surface area contributed by atoms with E-state index in [1.165, 1.54) is 4.88 Å². The van der Waals surface area contributed by atoms with Gasteiger partial charge < -0.3 is 14.8 Å². The molecule has 2 rings (SSSR count). The molecule has 0 aliphatic heterocycles. The van der Waals surface area contributed by atoms with Crippen LogP contribution in [-0.2, 0) is 6.42 Å². The Morgan fingerprint density at radius 2 is 2.12 bits per heavy atom. The lowest BCUT2D eigenvalue weighted by Crippen LogP contribution is -2.37. The number of aromatic nitrogens is 1. The fraction of sp³-hybridized carbons (Fsp3) is 0.444. The second kappa shape index (κ2) is 8.26. The van der Waals surface area contributed by atoms with Crippen LogP contribution in [0.1, 0.15) is 33.8 Å². The molecule has 5 nitrogen and oxygen atoms in total. The van der Waals surface area contributed by atoms with E-state index in [1.807, 2.05) is 49.5 Å². The number of nitrogens with zero attached hydrogens (tertiary/aromatic N) is 2. The normalized spacial score (nSPS) is 12.4. The van der Waals surface area contributed by atoms with Crippen LogP contribution in [0.2, 0.25) is 0 Å². The number of rotatable bonds is 7. The summed E-state index contributed by atoms with van der Waals surface area (Å²) in [7, 11) is 3.93. The maximum atomic E-state index is 12.7. The Kier molecular flexibility index (Phi) is 6.34. The average Bonchev–Trinajstić information content (AvgIpc) is 2.99. The van der Waals surface area contributed by atoms with E-state index in [0.29, 0.717) is 12.1 Å². The first-order valence-electron chi connectivity index (χ1n) is 8.07. The topological polar surface area (TPSA) is 54.3 Å². The van der Waals surface area contributed by atoms with Gasteiger partial charge in [-0.25, -0.2) is 0 Å². The van der Waals surface area contributed by atoms with Crippen molar-refractivity contribution in [2.75, 3.05) is 27.2 Å². The van der Waals surface area contributed by atoms with Gasteiger partial charge in [0, 0.05) is 30.2 Å². The highest BCUT2D eigenvalue weighted by Gasteiger charge is 2.18. The predicted octanol–water partition coefficient (Wildman–Crippen LogP) is 2.31. The van der Waals surface area contributed by atoms with E-state index >= 15 is 0 Å². The fourth-order valence-electron chi connectivity index (χ4n) is 2.72. The summed E-state index contributed by atoms with van der Waals surface area (Å²) in [6.07, 6.45) is 2.55. The van der Waals surface area contributed by atoms with Crippen molar-refractivity contribution in [2.24, 2.45) is 0 Å². The van der Waals surface area contributed by atoms with Crippen LogP contribution in [0, 0.1) is 6.92 Å². The minimum atomic E-state index is -0.291. The second-order valence-corrected chi connectivity index (χ2v) is 7.31. The minimum absolute atomic E-state index is 0.00534. The SMILES string of the molecule is Cc1ccn(C(C)CN(C)C)c(=O)c1C(=O)NCCc1cccs1. The third-order valence-electron chi connectivity index (χ3n) is 3.90. The predicted molar refractivity (Wildman–Crippen MR) is 99.1 cm³/mol. The number of thiophene rings is 1. The molecule has 1 unspecified atom stereocenters. The molecule has 0 bridgehead atoms. The summed E-state index contributed by atoms with van der Waals surface area (Å²) >= 11 is 1.67. The molecular formula is C18H25N3O2S. The first kappa shape index (κ1) is 18.4. The Labute approximate surface area is 146 Å². The van der Waals surface area contributed by atoms with E-state index in [1.54, 1.807) is 29.0 Å². The van der Waals surface area contributed by atoms with Crippen molar-refractivity contribution in [3.05, 3.63) is 56.1 Å². The van der Waals surface area contributed by atoms with Crippen LogP contribution in [0.5, 0.6) is 0 Å². The van der Waals surface area contributed by atoms with Gasteiger partial charge in [-0.15, -0.1) is 11.3 Å². The van der Waals surface area contributed by atoms with E-state index in [0.717, 1.165) is 13.0 Å². The molecular weight excluding hydrogens is 322 g/mol. The third-order valence-corrected chi connectivity index (χ3v) is 4.83. The number of nitrogens with one attached hydrogen (secondary N) is 1. The van der Waals surface area contributed by atoms with Gasteiger partial charge in [0.1, 0.15) is 5.56 Å². The zero-order valence-corrected chi connectivity index (χ0v) is 15.5. The number of hydrogen-bond acceptors (Lipinski definition) is 4. The Hall–Kier alpha value is -1.92. The lowest BCUT2D eigenvalue weighted by molar-refractivity contribution is 0.0951. The zero-order chi connectivity index (χ0) is 17.7. The minimum Gasteiger partial charge on any atom is -0.351 e. The lowest BCUT2D eigenvalue weighted by Gasteiger charge is -2.20. The molecule has 0 aliphatic carbocycles. The van der Waals surface area contributed by atoms with Crippen molar-refractivity contribution in [3.63, 3.8) is 0 Å². The summed E-state index contributed by atoms with van der Waals surface area (Å²) in [6.45, 7) is 5.05. The highest BCUT2D eigenvalue weighted by atomic mass is 32.1. The van der Waals surface area contributed by atoms with E-state index in [-0.39, 0.29) is 23.1 Å². The van der Waals surface area contributed by atoms with Gasteiger partial charge in [-0.3, -0.25) is 9.59 Å². The molecule has 1 N–H and O–H groups in total. The molecule has 0 fully saturated rings. The van der Waals surface area contributed by atoms with E-state index in [4.69, 9.17) is 0 Å². The van der Waals surface area contributed by atoms with Gasteiger partial charge in [0.2, 0.25) is 0 Å². The second-order valence-electron chi connectivity index (χ2n) is 6.28. The average molecular weight is 347 g/mol. The van der Waals surface area contributed by atoms with Crippen LogP contribution in [0.3, 0.4) is 0 Å². The van der Waals surface area contributed by atoms with E-state index in [9.17, 15) is 9.59 Å². The number of carbonyl (C=O) groups excluding carboxylic acids is 1. The van der Waals surface area contributed by atoms with E-state index < -0.39 is 0 Å². The largest absolute Gasteiger partial charge is 0.351 e. The Morgan fingerprint density at radius 1 is 1.38 bits per heavy atom. The van der Waals surface area contributed by atoms with Crippen molar-refractivity contribution in [3.8, 4) is 0 Å². The quantitative estimate of drug-likeness (QED) is 0.836. The summed E-state index contributed by atoms with van der Waals surface area (Å²) in [6, 6.07) is 5.88. The van der Waals surface area contributed by atoms with Crippen LogP contribution in [0.4, 0.5) is 0 Å². The number of carbonyl (C=O) groups is 1. The number of aryl methyl sites for hydroxylation is 1. The van der Waals surface area contributed by atoms with Crippen molar-refractivity contribution in [1.82, 2.24) is 14.8 Å². The molecule has 2 aromatic rings. The molecule has 1 amide bonds. The zero-order valence-electron chi connectivity index (χ0n) is 14.7. The number of pyridine rings is 1. The first-order chi connectivity index (χ1) is 11.4. The number of amides is 1. The van der Waals surface area contributed by atoms with Gasteiger partial charge in [-0.1, -0.05) is 6.07 Å². The van der Waals surface area contributed by atoms with Gasteiger partial charge in [-0.2, -0.15) is 0 Å². The summed E-state index contributed by atoms with van der Waals surface area (Å²) in [5.74, 6) is -0.291. The van der Waals surface area contributed by atoms with Crippen LogP contribution in [0.25, 0.3) is 0 Å². The molecule has 0 saturated heterocycles. The molecule has 6 heteroatoms. The fourth-order valence-corrected chi connectivity index (χ4v) is 3.43. The molecule has 0 saturated carbocycles. The highest BCUT2D eigenvalue weighted by Crippen LogP contribution is 2.10. The van der Waals surface area contributed by atoms with Crippen molar-refractivity contribution < 1.29 is 4.79 Å². The number of likely N-dealkylation sites (N-methyl/N-ethyl adjacent to an activating group) is 1. The van der Waals surface area contributed by atoms with Gasteiger partial charge in [-0.05, 0) is 57.4 Å². The van der Waals surface area contributed by atoms with Crippen molar-refractivity contribution in [1.29, 1.82) is 0 Å². The summed E-state index contributed by atoms with van der Waals surface area (Å²) in [5, 5.41) is 4.89. The lowest BCUT2D eigenvalue weighted by atomic mass is 10.1. The van der Waals surface area contributed by atoms with Crippen LogP contribution in [0.15, 0.2) is 34.6 Å². The third kappa shape index (κ3) is 4.55. The monoisotopic (exact) mass is 347 g/mol. The molecule has 2 aromatic heterocycles. The Bertz CT molecular complexity index is 735. The molecule has 0 spiro atoms. The summed E-state index contributed by atoms with van der Waals surface area (Å²) in [4.78, 5) is 28.5. The smallest absolute Gasteiger partial charge is 0.263 e. The van der Waals surface area contributed by atoms with Crippen LogP contribution >= 0.6 is 11.3 Å². The van der Waals surface area contributed by atoms with Crippen molar-refractivity contribution in [2.45, 2.75) is 26.3 Å². The van der Waals surface area contributed by atoms with Gasteiger partial charge in [0.05, 0.1) is 0 Å². The van der Waals surface area contributed by atoms with Crippen molar-refractivity contribution >= 4 is 17.2 Å². The summed E-state index contributed by atoms with van der Waals surface area (Å²) < 4.78 is 1.64. The molecule has 1 atom stereocenters. The van der Waals surface area contributed by atoms with Gasteiger partial charge in [0.15, 0.2) is 0 Å². The maximum absolute atomic E-state index is 12.7. The Balaban J connectivity index is 2.13. The molecule has 24 heavy (non-hydrogen) atoms. The number of hydrogen-bond donors (Lipinski definition) is 1. The highest BCUT2D eigenvalue weighted by molar-refractivity contribution is 7.09. The van der Waals surface area contributed by atoms with Gasteiger partial charge in [0.25, 0.3) is 11.5 Å². The molecule has 0 aliphatic rings. The van der Waals surface area contributed by atoms with E-state index in [2.05, 4.69) is 5.32 Å². The standard InChI is InChI=1S/C18H25N3O2S/c1-13-8-10-21(14(2)12-20(3)4)18(23)16(13)17(22)19-9-7-15-6-5-11-24-15/h5-6,8,10-11,14H,7,9,12H2,1-4H3,(H,19,22). The summed E-state index contributed by atoms with van der Waals surface area (Å²) in [5.41, 5.74) is 0.731. The maximum Gasteiger partial charge on any atom is 0.263 e.